The first kappa shape index (κ1) is 10.2. The molecule has 0 radical (unpaired) electrons. The molecule has 0 aromatic heterocycles. The highest BCUT2D eigenvalue weighted by molar-refractivity contribution is 5.43. The van der Waals surface area contributed by atoms with E-state index in [4.69, 9.17) is 10.00 Å². The highest BCUT2D eigenvalue weighted by atomic mass is 16.5. The van der Waals surface area contributed by atoms with E-state index in [1.54, 1.807) is 7.11 Å². The highest BCUT2D eigenvalue weighted by Crippen LogP contribution is 2.15. The Kier molecular flexibility index (Phi) is 3.58. The molecule has 0 atom stereocenters. The van der Waals surface area contributed by atoms with Crippen LogP contribution in [0.5, 0.6) is 5.75 Å². The van der Waals surface area contributed by atoms with Gasteiger partial charge in [-0.2, -0.15) is 5.26 Å². The van der Waals surface area contributed by atoms with E-state index in [-0.39, 0.29) is 6.42 Å². The maximum Gasteiger partial charge on any atom is 0.120 e. The molecule has 0 saturated carbocycles. The summed E-state index contributed by atoms with van der Waals surface area (Å²) in [5.41, 5.74) is 1.99. The molecule has 0 spiro atoms. The topological polar surface area (TPSA) is 33.0 Å². The zero-order valence-electron chi connectivity index (χ0n) is 8.29. The van der Waals surface area contributed by atoms with Gasteiger partial charge in [0.25, 0.3) is 0 Å². The lowest BCUT2D eigenvalue weighted by molar-refractivity contribution is 0.414. The molecule has 1 aromatic carbocycles. The van der Waals surface area contributed by atoms with Gasteiger partial charge in [-0.1, -0.05) is 11.8 Å². The van der Waals surface area contributed by atoms with Crippen LogP contribution < -0.4 is 4.74 Å². The fraction of sp³-hybridized carbons (Fsp3) is 0.250. The van der Waals surface area contributed by atoms with E-state index < -0.39 is 0 Å². The number of nitriles is 1. The quantitative estimate of drug-likeness (QED) is 0.629. The van der Waals surface area contributed by atoms with E-state index in [1.165, 1.54) is 0 Å². The van der Waals surface area contributed by atoms with E-state index in [0.29, 0.717) is 0 Å². The lowest BCUT2D eigenvalue weighted by atomic mass is 10.1. The Morgan fingerprint density at radius 1 is 1.36 bits per heavy atom. The summed E-state index contributed by atoms with van der Waals surface area (Å²) in [6, 6.07) is 7.74. The average Bonchev–Trinajstić information content (AvgIpc) is 2.17. The first-order chi connectivity index (χ1) is 6.76. The average molecular weight is 185 g/mol. The molecule has 0 aliphatic carbocycles. The van der Waals surface area contributed by atoms with Crippen LogP contribution in [0, 0.1) is 30.1 Å². The van der Waals surface area contributed by atoms with Crippen LogP contribution >= 0.6 is 0 Å². The highest BCUT2D eigenvalue weighted by Gasteiger charge is 1.95. The van der Waals surface area contributed by atoms with Crippen molar-refractivity contribution in [2.45, 2.75) is 13.3 Å². The number of rotatable bonds is 1. The zero-order chi connectivity index (χ0) is 10.4. The summed E-state index contributed by atoms with van der Waals surface area (Å²) in [4.78, 5) is 0. The third-order valence-corrected chi connectivity index (χ3v) is 1.69. The molecule has 1 rings (SSSR count). The number of hydrogen-bond donors (Lipinski definition) is 0. The van der Waals surface area contributed by atoms with Gasteiger partial charge in [-0.25, -0.2) is 0 Å². The van der Waals surface area contributed by atoms with Crippen molar-refractivity contribution in [3.05, 3.63) is 29.3 Å². The van der Waals surface area contributed by atoms with Gasteiger partial charge in [0.2, 0.25) is 0 Å². The molecule has 1 aromatic rings. The van der Waals surface area contributed by atoms with Crippen LogP contribution in [0.1, 0.15) is 17.5 Å². The van der Waals surface area contributed by atoms with E-state index in [9.17, 15) is 0 Å². The Morgan fingerprint density at radius 2 is 2.14 bits per heavy atom. The first-order valence-corrected chi connectivity index (χ1v) is 4.28. The summed E-state index contributed by atoms with van der Waals surface area (Å²) in [6.07, 6.45) is 0.260. The largest absolute Gasteiger partial charge is 0.497 e. The van der Waals surface area contributed by atoms with Crippen molar-refractivity contribution >= 4 is 0 Å². The van der Waals surface area contributed by atoms with Crippen molar-refractivity contribution in [2.75, 3.05) is 7.11 Å². The third-order valence-electron chi connectivity index (χ3n) is 1.69. The molecule has 0 aliphatic rings. The van der Waals surface area contributed by atoms with Gasteiger partial charge in [0, 0.05) is 5.56 Å². The van der Waals surface area contributed by atoms with Crippen LogP contribution in [-0.2, 0) is 0 Å². The molecule has 0 amide bonds. The lowest BCUT2D eigenvalue weighted by Gasteiger charge is -2.01. The molecule has 0 aliphatic heterocycles. The number of aryl methyl sites for hydroxylation is 1. The molecular formula is C12H11NO. The fourth-order valence-electron chi connectivity index (χ4n) is 1.12. The smallest absolute Gasteiger partial charge is 0.120 e. The van der Waals surface area contributed by atoms with Crippen LogP contribution in [0.15, 0.2) is 18.2 Å². The van der Waals surface area contributed by atoms with E-state index >= 15 is 0 Å². The summed E-state index contributed by atoms with van der Waals surface area (Å²) in [5, 5.41) is 8.32. The van der Waals surface area contributed by atoms with Gasteiger partial charge in [0.1, 0.15) is 5.75 Å². The summed E-state index contributed by atoms with van der Waals surface area (Å²) in [5.74, 6) is 6.47. The van der Waals surface area contributed by atoms with Crippen LogP contribution in [0.3, 0.4) is 0 Å². The molecule has 0 heterocycles. The zero-order valence-corrected chi connectivity index (χ0v) is 8.29. The van der Waals surface area contributed by atoms with E-state index in [2.05, 4.69) is 11.8 Å². The van der Waals surface area contributed by atoms with Gasteiger partial charge in [-0.05, 0) is 30.7 Å². The van der Waals surface area contributed by atoms with Crippen molar-refractivity contribution in [3.63, 3.8) is 0 Å². The minimum absolute atomic E-state index is 0.260. The molecule has 0 bridgehead atoms. The number of methoxy groups -OCH3 is 1. The van der Waals surface area contributed by atoms with Crippen molar-refractivity contribution in [1.82, 2.24) is 0 Å². The molecule has 0 saturated heterocycles. The first-order valence-electron chi connectivity index (χ1n) is 4.28. The van der Waals surface area contributed by atoms with Crippen molar-refractivity contribution in [1.29, 1.82) is 5.26 Å². The fourth-order valence-corrected chi connectivity index (χ4v) is 1.12. The summed E-state index contributed by atoms with van der Waals surface area (Å²) in [7, 11) is 1.63. The molecular weight excluding hydrogens is 174 g/mol. The Bertz CT molecular complexity index is 418. The Hall–Kier alpha value is -1.93. The lowest BCUT2D eigenvalue weighted by Crippen LogP contribution is -1.85. The van der Waals surface area contributed by atoms with Crippen molar-refractivity contribution in [2.24, 2.45) is 0 Å². The monoisotopic (exact) mass is 185 g/mol. The van der Waals surface area contributed by atoms with Crippen molar-refractivity contribution < 1.29 is 4.74 Å². The third kappa shape index (κ3) is 2.84. The number of benzene rings is 1. The van der Waals surface area contributed by atoms with E-state index in [1.807, 2.05) is 31.2 Å². The van der Waals surface area contributed by atoms with Crippen LogP contribution in [0.25, 0.3) is 0 Å². The number of nitrogens with zero attached hydrogens (tertiary/aromatic N) is 1. The molecule has 0 unspecified atom stereocenters. The summed E-state index contributed by atoms with van der Waals surface area (Å²) < 4.78 is 5.11. The maximum absolute atomic E-state index is 8.32. The molecule has 14 heavy (non-hydrogen) atoms. The van der Waals surface area contributed by atoms with Crippen LogP contribution in [0.4, 0.5) is 0 Å². The summed E-state index contributed by atoms with van der Waals surface area (Å²) >= 11 is 0. The second-order valence-electron chi connectivity index (χ2n) is 2.88. The van der Waals surface area contributed by atoms with Crippen LogP contribution in [-0.4, -0.2) is 7.11 Å². The predicted molar refractivity (Wildman–Crippen MR) is 54.8 cm³/mol. The predicted octanol–water partition coefficient (Wildman–Crippen LogP) is 2.27. The molecule has 2 nitrogen and oxygen atoms in total. The molecule has 70 valence electrons. The molecule has 0 N–H and O–H groups in total. The van der Waals surface area contributed by atoms with Crippen molar-refractivity contribution in [3.8, 4) is 23.7 Å². The maximum atomic E-state index is 8.32. The Balaban J connectivity index is 2.95. The second kappa shape index (κ2) is 4.94. The Morgan fingerprint density at radius 3 is 2.79 bits per heavy atom. The van der Waals surface area contributed by atoms with Gasteiger partial charge in [-0.15, -0.1) is 0 Å². The van der Waals surface area contributed by atoms with Crippen LogP contribution in [0.2, 0.25) is 0 Å². The SMILES string of the molecule is COc1cc(C)cc(C#CCC#N)c1. The standard InChI is InChI=1S/C12H11NO/c1-10-7-11(5-3-4-6-13)9-12(8-10)14-2/h7-9H,4H2,1-2H3. The van der Waals surface area contributed by atoms with Gasteiger partial charge in [-0.3, -0.25) is 0 Å². The van der Waals surface area contributed by atoms with Gasteiger partial charge < -0.3 is 4.74 Å². The van der Waals surface area contributed by atoms with Gasteiger partial charge in [0.05, 0.1) is 19.6 Å². The normalized spacial score (nSPS) is 8.36. The molecule has 0 fully saturated rings. The number of ether oxygens (including phenoxy) is 1. The molecule has 2 heteroatoms. The number of hydrogen-bond acceptors (Lipinski definition) is 2. The summed E-state index contributed by atoms with van der Waals surface area (Å²) in [6.45, 7) is 1.98. The Labute approximate surface area is 84.1 Å². The second-order valence-corrected chi connectivity index (χ2v) is 2.88. The minimum Gasteiger partial charge on any atom is -0.497 e. The van der Waals surface area contributed by atoms with E-state index in [0.717, 1.165) is 16.9 Å². The van der Waals surface area contributed by atoms with Gasteiger partial charge in [0.15, 0.2) is 0 Å². The minimum atomic E-state index is 0.260. The van der Waals surface area contributed by atoms with Gasteiger partial charge >= 0.3 is 0 Å².